The molecule has 54 heavy (non-hydrogen) atoms. The van der Waals surface area contributed by atoms with Gasteiger partial charge in [-0.05, 0) is 92.0 Å². The van der Waals surface area contributed by atoms with E-state index in [1.54, 1.807) is 18.2 Å². The van der Waals surface area contributed by atoms with E-state index in [-0.39, 0.29) is 11.8 Å². The SMILES string of the molecule is COC(=O)C=Cc1ccc(NC(=O)C2(NC(=O)c3ccc4c(C5CCCCC5)c5n(c4c3)CCCc3ncn(COCC[Si](C)(C)C)c3-5)CCCC2)cc1. The van der Waals surface area contributed by atoms with E-state index < -0.39 is 19.6 Å². The van der Waals surface area contributed by atoms with Crippen molar-refractivity contribution in [3.05, 3.63) is 77.3 Å². The maximum absolute atomic E-state index is 14.2. The molecule has 0 atom stereocenters. The van der Waals surface area contributed by atoms with Crippen molar-refractivity contribution in [2.45, 2.75) is 121 Å². The van der Waals surface area contributed by atoms with Gasteiger partial charge in [0, 0.05) is 49.5 Å². The summed E-state index contributed by atoms with van der Waals surface area (Å²) in [6, 6.07) is 14.5. The quantitative estimate of drug-likeness (QED) is 0.0648. The highest BCUT2D eigenvalue weighted by Crippen LogP contribution is 2.46. The number of rotatable bonds is 12. The molecule has 0 bridgehead atoms. The van der Waals surface area contributed by atoms with Crippen molar-refractivity contribution >= 4 is 48.5 Å². The molecule has 7 rings (SSSR count). The van der Waals surface area contributed by atoms with Gasteiger partial charge in [0.1, 0.15) is 12.3 Å². The fourth-order valence-electron chi connectivity index (χ4n) is 8.57. The van der Waals surface area contributed by atoms with Gasteiger partial charge in [0.15, 0.2) is 0 Å². The molecule has 2 amide bonds. The molecule has 2 aromatic carbocycles. The third-order valence-corrected chi connectivity index (χ3v) is 13.3. The number of imidazole rings is 1. The van der Waals surface area contributed by atoms with Crippen LogP contribution in [0.4, 0.5) is 5.69 Å². The number of methoxy groups -OCH3 is 1. The summed E-state index contributed by atoms with van der Waals surface area (Å²) >= 11 is 0. The first kappa shape index (κ1) is 37.8. The van der Waals surface area contributed by atoms with E-state index >= 15 is 0 Å². The van der Waals surface area contributed by atoms with Crippen molar-refractivity contribution in [1.29, 1.82) is 0 Å². The standard InChI is InChI=1S/C43H55N5O5Si/c1-52-37(49)21-16-30-14-18-33(19-15-30)45-42(51)43(22-8-9-23-43)46-41(50)32-17-20-34-36(27-32)48-24-10-13-35-39(40(48)38(34)31-11-6-5-7-12-31)47(28-44-35)29-53-25-26-54(2,3)4/h14-21,27-28,31H,5-13,22-26,29H2,1-4H3,(H,45,51)(H,46,50). The van der Waals surface area contributed by atoms with Crippen LogP contribution >= 0.6 is 0 Å². The summed E-state index contributed by atoms with van der Waals surface area (Å²) in [5.41, 5.74) is 6.99. The smallest absolute Gasteiger partial charge is 0.330 e. The Hall–Kier alpha value is -4.48. The molecule has 0 unspecified atom stereocenters. The molecule has 11 heteroatoms. The molecule has 1 aliphatic heterocycles. The summed E-state index contributed by atoms with van der Waals surface area (Å²) in [7, 11) is 0.122. The molecule has 3 aliphatic rings. The van der Waals surface area contributed by atoms with Crippen molar-refractivity contribution in [3.8, 4) is 11.4 Å². The minimum Gasteiger partial charge on any atom is -0.466 e. The minimum atomic E-state index is -1.21. The van der Waals surface area contributed by atoms with Gasteiger partial charge in [0.25, 0.3) is 5.91 Å². The van der Waals surface area contributed by atoms with Crippen LogP contribution in [0.2, 0.25) is 25.7 Å². The molecular weight excluding hydrogens is 695 g/mol. The lowest BCUT2D eigenvalue weighted by molar-refractivity contribution is -0.134. The molecule has 0 spiro atoms. The summed E-state index contributed by atoms with van der Waals surface area (Å²) in [5.74, 6) is -0.432. The van der Waals surface area contributed by atoms with Crippen molar-refractivity contribution in [2.75, 3.05) is 19.0 Å². The Morgan fingerprint density at radius 3 is 2.44 bits per heavy atom. The number of amides is 2. The molecule has 2 fully saturated rings. The van der Waals surface area contributed by atoms with Gasteiger partial charge in [-0.3, -0.25) is 9.59 Å². The fourth-order valence-corrected chi connectivity index (χ4v) is 9.33. The number of esters is 1. The van der Waals surface area contributed by atoms with Crippen LogP contribution in [-0.4, -0.2) is 59.2 Å². The van der Waals surface area contributed by atoms with Crippen LogP contribution in [0.5, 0.6) is 0 Å². The molecule has 286 valence electrons. The summed E-state index contributed by atoms with van der Waals surface area (Å²) in [4.78, 5) is 44.5. The van der Waals surface area contributed by atoms with Crippen molar-refractivity contribution in [2.24, 2.45) is 0 Å². The van der Waals surface area contributed by atoms with Crippen molar-refractivity contribution in [1.82, 2.24) is 19.4 Å². The maximum atomic E-state index is 14.2. The number of carbonyl (C=O) groups is 3. The first-order chi connectivity index (χ1) is 26.0. The number of hydrogen-bond acceptors (Lipinski definition) is 6. The third kappa shape index (κ3) is 8.12. The minimum absolute atomic E-state index is 0.212. The van der Waals surface area contributed by atoms with E-state index in [0.717, 1.165) is 80.2 Å². The normalized spacial score (nSPS) is 17.3. The monoisotopic (exact) mass is 749 g/mol. The number of benzene rings is 2. The van der Waals surface area contributed by atoms with Gasteiger partial charge < -0.3 is 29.2 Å². The van der Waals surface area contributed by atoms with Crippen LogP contribution in [0.15, 0.2) is 54.9 Å². The summed E-state index contributed by atoms with van der Waals surface area (Å²) in [6.45, 7) is 9.21. The summed E-state index contributed by atoms with van der Waals surface area (Å²) in [6.07, 6.45) is 15.8. The van der Waals surface area contributed by atoms with Crippen LogP contribution in [0.1, 0.15) is 97.3 Å². The topological polar surface area (TPSA) is 116 Å². The molecule has 2 saturated carbocycles. The Labute approximate surface area is 319 Å². The molecule has 4 aromatic rings. The van der Waals surface area contributed by atoms with Crippen LogP contribution in [0.3, 0.4) is 0 Å². The van der Waals surface area contributed by atoms with E-state index in [9.17, 15) is 14.4 Å². The van der Waals surface area contributed by atoms with E-state index in [1.165, 1.54) is 49.1 Å². The second-order valence-electron chi connectivity index (χ2n) is 16.6. The zero-order chi connectivity index (χ0) is 37.9. The highest BCUT2D eigenvalue weighted by Gasteiger charge is 2.43. The van der Waals surface area contributed by atoms with Crippen LogP contribution < -0.4 is 10.6 Å². The maximum Gasteiger partial charge on any atom is 0.330 e. The molecule has 2 aliphatic carbocycles. The van der Waals surface area contributed by atoms with Gasteiger partial charge in [-0.1, -0.05) is 69.9 Å². The zero-order valence-electron chi connectivity index (χ0n) is 32.3. The largest absolute Gasteiger partial charge is 0.466 e. The van der Waals surface area contributed by atoms with E-state index in [1.807, 2.05) is 24.5 Å². The van der Waals surface area contributed by atoms with Gasteiger partial charge in [-0.2, -0.15) is 0 Å². The molecule has 2 N–H and O–H groups in total. The lowest BCUT2D eigenvalue weighted by Gasteiger charge is -2.29. The van der Waals surface area contributed by atoms with Crippen molar-refractivity contribution < 1.29 is 23.9 Å². The number of aromatic nitrogens is 3. The Balaban J connectivity index is 1.18. The van der Waals surface area contributed by atoms with Gasteiger partial charge >= 0.3 is 5.97 Å². The lowest BCUT2D eigenvalue weighted by Crippen LogP contribution is -2.55. The number of anilines is 1. The highest BCUT2D eigenvalue weighted by molar-refractivity contribution is 6.76. The third-order valence-electron chi connectivity index (χ3n) is 11.6. The predicted octanol–water partition coefficient (Wildman–Crippen LogP) is 8.68. The van der Waals surface area contributed by atoms with E-state index in [0.29, 0.717) is 36.7 Å². The Bertz CT molecular complexity index is 2030. The number of carbonyl (C=O) groups excluding carboxylic acids is 3. The van der Waals surface area contributed by atoms with Gasteiger partial charge in [0.05, 0.1) is 30.5 Å². The number of ether oxygens (including phenoxy) is 2. The molecule has 0 radical (unpaired) electrons. The highest BCUT2D eigenvalue weighted by atomic mass is 28.3. The summed E-state index contributed by atoms with van der Waals surface area (Å²) in [5, 5.41) is 7.48. The molecule has 2 aromatic heterocycles. The number of nitrogens with zero attached hydrogens (tertiary/aromatic N) is 3. The average Bonchev–Trinajstić information content (AvgIpc) is 3.86. The Kier molecular flexibility index (Phi) is 11.3. The Morgan fingerprint density at radius 2 is 1.72 bits per heavy atom. The van der Waals surface area contributed by atoms with E-state index in [4.69, 9.17) is 9.72 Å². The zero-order valence-corrected chi connectivity index (χ0v) is 33.3. The number of nitrogens with one attached hydrogen (secondary N) is 2. The van der Waals surface area contributed by atoms with E-state index in [2.05, 4.69) is 56.3 Å². The van der Waals surface area contributed by atoms with Crippen molar-refractivity contribution in [3.63, 3.8) is 0 Å². The van der Waals surface area contributed by atoms with Gasteiger partial charge in [-0.15, -0.1) is 0 Å². The predicted molar refractivity (Wildman–Crippen MR) is 216 cm³/mol. The first-order valence-corrected chi connectivity index (χ1v) is 23.5. The van der Waals surface area contributed by atoms with Crippen LogP contribution in [0, 0.1) is 0 Å². The second kappa shape index (κ2) is 16.1. The Morgan fingerprint density at radius 1 is 0.963 bits per heavy atom. The lowest BCUT2D eigenvalue weighted by atomic mass is 9.82. The fraction of sp³-hybridized carbons (Fsp3) is 0.488. The number of aryl methyl sites for hydroxylation is 2. The molecule has 0 saturated heterocycles. The van der Waals surface area contributed by atoms with Gasteiger partial charge in [0.2, 0.25) is 5.91 Å². The second-order valence-corrected chi connectivity index (χ2v) is 22.2. The number of fused-ring (bicyclic) bond motifs is 5. The van der Waals surface area contributed by atoms with Gasteiger partial charge in [-0.25, -0.2) is 9.78 Å². The molecule has 3 heterocycles. The number of hydrogen-bond donors (Lipinski definition) is 2. The first-order valence-electron chi connectivity index (χ1n) is 19.8. The molecule has 10 nitrogen and oxygen atoms in total. The van der Waals surface area contributed by atoms with Crippen LogP contribution in [0.25, 0.3) is 28.4 Å². The summed E-state index contributed by atoms with van der Waals surface area (Å²) < 4.78 is 15.6. The van der Waals surface area contributed by atoms with Crippen LogP contribution in [-0.2, 0) is 38.8 Å². The average molecular weight is 750 g/mol. The molecular formula is C43H55N5O5Si.